The van der Waals surface area contributed by atoms with Gasteiger partial charge in [-0.1, -0.05) is 0 Å². The number of phenolic OH excluding ortho intramolecular Hbond substituents is 2. The number of phenols is 2. The second-order valence-corrected chi connectivity index (χ2v) is 2.56. The molecule has 0 saturated heterocycles. The van der Waals surface area contributed by atoms with E-state index in [1.54, 1.807) is 0 Å². The predicted octanol–water partition coefficient (Wildman–Crippen LogP) is 0.893. The Kier molecular flexibility index (Phi) is 3.30. The monoisotopic (exact) mass is 198 g/mol. The molecule has 0 aliphatic heterocycles. The number of aldehydes is 1. The molecular weight excluding hydrogens is 188 g/mol. The van der Waals surface area contributed by atoms with E-state index in [0.717, 1.165) is 0 Å². The number of carbonyl (C=O) groups excluding carboxylic acids is 1. The lowest BCUT2D eigenvalue weighted by molar-refractivity contribution is 0.0472. The van der Waals surface area contributed by atoms with Crippen molar-refractivity contribution in [3.63, 3.8) is 0 Å². The van der Waals surface area contributed by atoms with E-state index in [9.17, 15) is 15.0 Å². The summed E-state index contributed by atoms with van der Waals surface area (Å²) < 4.78 is 9.48. The average molecular weight is 198 g/mol. The Labute approximate surface area is 80.5 Å². The Morgan fingerprint density at radius 1 is 1.36 bits per heavy atom. The molecule has 2 N–H and O–H groups in total. The number of ether oxygens (including phenoxy) is 2. The summed E-state index contributed by atoms with van der Waals surface area (Å²) in [6, 6.07) is 2.38. The lowest BCUT2D eigenvalue weighted by Crippen LogP contribution is -1.99. The number of hydrogen-bond acceptors (Lipinski definition) is 5. The number of aromatic hydroxyl groups is 2. The van der Waals surface area contributed by atoms with Crippen LogP contribution < -0.4 is 4.74 Å². The number of rotatable bonds is 4. The standard InChI is InChI=1S/C9H10O5/c1-13-5-14-9-7(11)2-6(4-10)3-8(9)12/h2-4,11-12H,5H2,1H3. The van der Waals surface area contributed by atoms with Crippen LogP contribution in [-0.4, -0.2) is 30.4 Å². The van der Waals surface area contributed by atoms with E-state index in [-0.39, 0.29) is 29.6 Å². The topological polar surface area (TPSA) is 76.0 Å². The molecule has 0 amide bonds. The van der Waals surface area contributed by atoms with Crippen molar-refractivity contribution in [2.75, 3.05) is 13.9 Å². The SMILES string of the molecule is COCOc1c(O)cc(C=O)cc1O. The van der Waals surface area contributed by atoms with Gasteiger partial charge in [0.05, 0.1) is 0 Å². The maximum Gasteiger partial charge on any atom is 0.205 e. The van der Waals surface area contributed by atoms with Crippen LogP contribution in [0.15, 0.2) is 12.1 Å². The smallest absolute Gasteiger partial charge is 0.205 e. The Balaban J connectivity index is 2.99. The number of carbonyl (C=O) groups is 1. The molecule has 5 nitrogen and oxygen atoms in total. The number of benzene rings is 1. The zero-order valence-corrected chi connectivity index (χ0v) is 7.56. The molecule has 1 aromatic rings. The van der Waals surface area contributed by atoms with Crippen molar-refractivity contribution < 1.29 is 24.5 Å². The van der Waals surface area contributed by atoms with Gasteiger partial charge in [0.2, 0.25) is 5.75 Å². The van der Waals surface area contributed by atoms with Crippen molar-refractivity contribution in [2.24, 2.45) is 0 Å². The van der Waals surface area contributed by atoms with Crippen molar-refractivity contribution in [1.82, 2.24) is 0 Å². The maximum atomic E-state index is 10.3. The predicted molar refractivity (Wildman–Crippen MR) is 47.7 cm³/mol. The highest BCUT2D eigenvalue weighted by molar-refractivity contribution is 5.78. The highest BCUT2D eigenvalue weighted by Gasteiger charge is 2.10. The van der Waals surface area contributed by atoms with Crippen molar-refractivity contribution in [1.29, 1.82) is 0 Å². The molecule has 1 aromatic carbocycles. The van der Waals surface area contributed by atoms with Crippen molar-refractivity contribution in [2.45, 2.75) is 0 Å². The lowest BCUT2D eigenvalue weighted by atomic mass is 10.2. The first kappa shape index (κ1) is 10.3. The third-order valence-corrected chi connectivity index (χ3v) is 1.53. The Morgan fingerprint density at radius 2 is 1.93 bits per heavy atom. The van der Waals surface area contributed by atoms with Crippen LogP contribution in [0.4, 0.5) is 0 Å². The lowest BCUT2D eigenvalue weighted by Gasteiger charge is -2.08. The fourth-order valence-electron chi connectivity index (χ4n) is 0.953. The summed E-state index contributed by atoms with van der Waals surface area (Å²) in [5.74, 6) is -0.703. The van der Waals surface area contributed by atoms with Crippen LogP contribution in [0.1, 0.15) is 10.4 Å². The molecule has 0 spiro atoms. The molecule has 0 saturated carbocycles. The van der Waals surface area contributed by atoms with Crippen molar-refractivity contribution >= 4 is 6.29 Å². The summed E-state index contributed by atoms with van der Waals surface area (Å²) in [7, 11) is 1.41. The van der Waals surface area contributed by atoms with E-state index in [1.165, 1.54) is 19.2 Å². The van der Waals surface area contributed by atoms with E-state index >= 15 is 0 Å². The second kappa shape index (κ2) is 4.48. The van der Waals surface area contributed by atoms with Crippen LogP contribution in [0.3, 0.4) is 0 Å². The van der Waals surface area contributed by atoms with Gasteiger partial charge in [0, 0.05) is 12.7 Å². The molecular formula is C9H10O5. The molecule has 14 heavy (non-hydrogen) atoms. The van der Waals surface area contributed by atoms with Gasteiger partial charge < -0.3 is 19.7 Å². The summed E-state index contributed by atoms with van der Waals surface area (Å²) in [6.45, 7) is -0.0957. The molecule has 1 rings (SSSR count). The van der Waals surface area contributed by atoms with Gasteiger partial charge in [-0.25, -0.2) is 0 Å². The fraction of sp³-hybridized carbons (Fsp3) is 0.222. The summed E-state index contributed by atoms with van der Waals surface area (Å²) in [4.78, 5) is 10.3. The van der Waals surface area contributed by atoms with E-state index in [2.05, 4.69) is 4.74 Å². The molecule has 0 bridgehead atoms. The average Bonchev–Trinajstić information content (AvgIpc) is 2.16. The van der Waals surface area contributed by atoms with E-state index in [1.807, 2.05) is 0 Å². The van der Waals surface area contributed by atoms with Crippen LogP contribution in [-0.2, 0) is 4.74 Å². The van der Waals surface area contributed by atoms with E-state index < -0.39 is 0 Å². The van der Waals surface area contributed by atoms with Gasteiger partial charge in [-0.15, -0.1) is 0 Å². The van der Waals surface area contributed by atoms with Gasteiger partial charge >= 0.3 is 0 Å². The minimum atomic E-state index is -0.302. The summed E-state index contributed by atoms with van der Waals surface area (Å²) >= 11 is 0. The first-order valence-corrected chi connectivity index (χ1v) is 3.82. The largest absolute Gasteiger partial charge is 0.504 e. The maximum absolute atomic E-state index is 10.3. The van der Waals surface area contributed by atoms with Crippen LogP contribution in [0.25, 0.3) is 0 Å². The Hall–Kier alpha value is -1.75. The van der Waals surface area contributed by atoms with Crippen LogP contribution >= 0.6 is 0 Å². The minimum Gasteiger partial charge on any atom is -0.504 e. The molecule has 0 aliphatic rings. The molecule has 0 unspecified atom stereocenters. The molecule has 0 atom stereocenters. The second-order valence-electron chi connectivity index (χ2n) is 2.56. The molecule has 5 heteroatoms. The highest BCUT2D eigenvalue weighted by Crippen LogP contribution is 2.36. The van der Waals surface area contributed by atoms with E-state index in [0.29, 0.717) is 6.29 Å². The molecule has 0 radical (unpaired) electrons. The van der Waals surface area contributed by atoms with Gasteiger partial charge in [0.1, 0.15) is 6.29 Å². The molecule has 0 heterocycles. The van der Waals surface area contributed by atoms with Crippen molar-refractivity contribution in [3.05, 3.63) is 17.7 Å². The third-order valence-electron chi connectivity index (χ3n) is 1.53. The normalized spacial score (nSPS) is 9.79. The Bertz CT molecular complexity index is 311. The van der Waals surface area contributed by atoms with Crippen LogP contribution in [0.2, 0.25) is 0 Å². The fourth-order valence-corrected chi connectivity index (χ4v) is 0.953. The molecule has 0 aliphatic carbocycles. The van der Waals surface area contributed by atoms with Gasteiger partial charge in [-0.2, -0.15) is 0 Å². The summed E-state index contributed by atoms with van der Waals surface area (Å²) in [5, 5.41) is 18.7. The van der Waals surface area contributed by atoms with Crippen molar-refractivity contribution in [3.8, 4) is 17.2 Å². The van der Waals surface area contributed by atoms with Gasteiger partial charge in [0.15, 0.2) is 18.3 Å². The highest BCUT2D eigenvalue weighted by atomic mass is 16.7. The van der Waals surface area contributed by atoms with E-state index in [4.69, 9.17) is 4.74 Å². The molecule has 0 aromatic heterocycles. The van der Waals surface area contributed by atoms with Crippen LogP contribution in [0.5, 0.6) is 17.2 Å². The first-order chi connectivity index (χ1) is 6.69. The molecule has 0 fully saturated rings. The Morgan fingerprint density at radius 3 is 2.36 bits per heavy atom. The molecule has 76 valence electrons. The first-order valence-electron chi connectivity index (χ1n) is 3.82. The third kappa shape index (κ3) is 2.14. The number of methoxy groups -OCH3 is 1. The minimum absolute atomic E-state index is 0.0957. The number of hydrogen-bond donors (Lipinski definition) is 2. The summed E-state index contributed by atoms with van der Waals surface area (Å²) in [6.07, 6.45) is 0.513. The van der Waals surface area contributed by atoms with Gasteiger partial charge in [-0.3, -0.25) is 4.79 Å². The van der Waals surface area contributed by atoms with Gasteiger partial charge in [0.25, 0.3) is 0 Å². The van der Waals surface area contributed by atoms with Crippen LogP contribution in [0, 0.1) is 0 Å². The van der Waals surface area contributed by atoms with Gasteiger partial charge in [-0.05, 0) is 12.1 Å². The zero-order chi connectivity index (χ0) is 10.6. The summed E-state index contributed by atoms with van der Waals surface area (Å²) in [5.41, 5.74) is 0.171. The quantitative estimate of drug-likeness (QED) is 0.555. The zero-order valence-electron chi connectivity index (χ0n) is 7.56.